The maximum atomic E-state index is 13.2. The first-order valence-electron chi connectivity index (χ1n) is 10.3. The number of imidazole rings is 1. The lowest BCUT2D eigenvalue weighted by Crippen LogP contribution is -2.28. The van der Waals surface area contributed by atoms with Crippen LogP contribution in [-0.4, -0.2) is 25.2 Å². The molecular formula is C25H21N5O2. The van der Waals surface area contributed by atoms with Crippen molar-refractivity contribution in [3.63, 3.8) is 0 Å². The second-order valence-electron chi connectivity index (χ2n) is 7.40. The molecule has 1 unspecified atom stereocenters. The number of carbonyl (C=O) groups excluding carboxylic acids is 1. The Kier molecular flexibility index (Phi) is 5.13. The fourth-order valence-corrected chi connectivity index (χ4v) is 3.55. The summed E-state index contributed by atoms with van der Waals surface area (Å²) in [5.74, 6) is 0.391. The molecule has 0 saturated heterocycles. The van der Waals surface area contributed by atoms with Crippen LogP contribution in [0.2, 0.25) is 0 Å². The monoisotopic (exact) mass is 423 g/mol. The van der Waals surface area contributed by atoms with Crippen LogP contribution in [0.15, 0.2) is 102 Å². The number of benzene rings is 2. The molecule has 1 N–H and O–H groups in total. The molecule has 0 aliphatic rings. The molecule has 0 radical (unpaired) electrons. The van der Waals surface area contributed by atoms with Gasteiger partial charge < -0.3 is 14.3 Å². The summed E-state index contributed by atoms with van der Waals surface area (Å²) in [4.78, 5) is 17.3. The van der Waals surface area contributed by atoms with Crippen molar-refractivity contribution < 1.29 is 9.21 Å². The Morgan fingerprint density at radius 1 is 1.00 bits per heavy atom. The van der Waals surface area contributed by atoms with E-state index in [1.165, 1.54) is 0 Å². The number of amides is 1. The van der Waals surface area contributed by atoms with Crippen molar-refractivity contribution in [2.24, 2.45) is 0 Å². The molecule has 3 heterocycles. The van der Waals surface area contributed by atoms with Gasteiger partial charge in [0.1, 0.15) is 11.4 Å². The molecule has 0 saturated carbocycles. The number of carbonyl (C=O) groups is 1. The Bertz CT molecular complexity index is 1300. The van der Waals surface area contributed by atoms with Crippen molar-refractivity contribution in [1.82, 2.24) is 24.6 Å². The van der Waals surface area contributed by atoms with Gasteiger partial charge in [-0.1, -0.05) is 30.3 Å². The van der Waals surface area contributed by atoms with Gasteiger partial charge in [-0.25, -0.2) is 9.67 Å². The Morgan fingerprint density at radius 3 is 2.50 bits per heavy atom. The molecule has 32 heavy (non-hydrogen) atoms. The Morgan fingerprint density at radius 2 is 1.81 bits per heavy atom. The fourth-order valence-electron chi connectivity index (χ4n) is 3.55. The third-order valence-corrected chi connectivity index (χ3v) is 5.26. The number of rotatable bonds is 6. The van der Waals surface area contributed by atoms with Gasteiger partial charge in [0, 0.05) is 24.1 Å². The molecule has 0 fully saturated rings. The zero-order chi connectivity index (χ0) is 21.9. The summed E-state index contributed by atoms with van der Waals surface area (Å²) in [6.07, 6.45) is 6.97. The highest BCUT2D eigenvalue weighted by Gasteiger charge is 2.20. The van der Waals surface area contributed by atoms with Gasteiger partial charge >= 0.3 is 0 Å². The quantitative estimate of drug-likeness (QED) is 0.425. The molecule has 0 aliphatic carbocycles. The van der Waals surface area contributed by atoms with Gasteiger partial charge in [-0.05, 0) is 48.9 Å². The fraction of sp³-hybridized carbons (Fsp3) is 0.0800. The molecule has 0 bridgehead atoms. The van der Waals surface area contributed by atoms with Crippen LogP contribution in [0.25, 0.3) is 22.8 Å². The second-order valence-corrected chi connectivity index (χ2v) is 7.40. The third-order valence-electron chi connectivity index (χ3n) is 5.26. The molecular weight excluding hydrogens is 402 g/mol. The van der Waals surface area contributed by atoms with E-state index in [1.807, 2.05) is 78.4 Å². The van der Waals surface area contributed by atoms with Gasteiger partial charge in [-0.15, -0.1) is 0 Å². The summed E-state index contributed by atoms with van der Waals surface area (Å²) >= 11 is 0. The van der Waals surface area contributed by atoms with E-state index in [9.17, 15) is 4.79 Å². The van der Waals surface area contributed by atoms with Crippen LogP contribution in [0.4, 0.5) is 0 Å². The highest BCUT2D eigenvalue weighted by molar-refractivity contribution is 5.94. The lowest BCUT2D eigenvalue weighted by Gasteiger charge is -2.15. The van der Waals surface area contributed by atoms with Crippen LogP contribution in [0.1, 0.15) is 29.0 Å². The van der Waals surface area contributed by atoms with Crippen molar-refractivity contribution in [2.45, 2.75) is 13.0 Å². The lowest BCUT2D eigenvalue weighted by molar-refractivity contribution is 0.0932. The largest absolute Gasteiger partial charge is 0.463 e. The smallest absolute Gasteiger partial charge is 0.270 e. The summed E-state index contributed by atoms with van der Waals surface area (Å²) < 4.78 is 9.05. The van der Waals surface area contributed by atoms with E-state index in [4.69, 9.17) is 4.42 Å². The summed E-state index contributed by atoms with van der Waals surface area (Å²) in [5, 5.41) is 7.70. The van der Waals surface area contributed by atoms with Crippen LogP contribution in [0.5, 0.6) is 0 Å². The zero-order valence-electron chi connectivity index (χ0n) is 17.4. The van der Waals surface area contributed by atoms with Crippen molar-refractivity contribution in [1.29, 1.82) is 0 Å². The van der Waals surface area contributed by atoms with E-state index in [2.05, 4.69) is 15.4 Å². The van der Waals surface area contributed by atoms with Gasteiger partial charge in [0.05, 0.1) is 24.3 Å². The predicted molar refractivity (Wildman–Crippen MR) is 121 cm³/mol. The topological polar surface area (TPSA) is 77.9 Å². The minimum atomic E-state index is -0.217. The number of para-hydroxylation sites is 1. The van der Waals surface area contributed by atoms with Crippen LogP contribution in [0, 0.1) is 0 Å². The highest BCUT2D eigenvalue weighted by atomic mass is 16.3. The number of hydrogen-bond donors (Lipinski definition) is 1. The van der Waals surface area contributed by atoms with E-state index in [0.717, 1.165) is 16.9 Å². The molecule has 5 rings (SSSR count). The van der Waals surface area contributed by atoms with Crippen molar-refractivity contribution in [3.05, 3.63) is 109 Å². The molecule has 158 valence electrons. The number of furan rings is 1. The van der Waals surface area contributed by atoms with Crippen molar-refractivity contribution >= 4 is 5.91 Å². The van der Waals surface area contributed by atoms with Crippen LogP contribution in [0.3, 0.4) is 0 Å². The molecule has 1 amide bonds. The molecule has 5 aromatic rings. The van der Waals surface area contributed by atoms with Crippen molar-refractivity contribution in [3.8, 4) is 22.8 Å². The summed E-state index contributed by atoms with van der Waals surface area (Å²) in [6.45, 7) is 1.96. The molecule has 0 aliphatic heterocycles. The zero-order valence-corrected chi connectivity index (χ0v) is 17.4. The first-order chi connectivity index (χ1) is 15.7. The first kappa shape index (κ1) is 19.6. The number of aromatic nitrogens is 4. The average Bonchev–Trinajstić information content (AvgIpc) is 3.61. The Hall–Kier alpha value is -4.39. The maximum absolute atomic E-state index is 13.2. The van der Waals surface area contributed by atoms with Gasteiger partial charge in [-0.3, -0.25) is 4.79 Å². The van der Waals surface area contributed by atoms with Crippen molar-refractivity contribution in [2.75, 3.05) is 0 Å². The molecule has 3 aromatic heterocycles. The SMILES string of the molecule is CC(NC(=O)c1cc(-c2ccco2)nn1-c1ccccc1)c1ccc(-n2ccnc2)cc1. The van der Waals surface area contributed by atoms with Gasteiger partial charge in [0.2, 0.25) is 0 Å². The lowest BCUT2D eigenvalue weighted by atomic mass is 10.1. The number of hydrogen-bond acceptors (Lipinski definition) is 4. The van der Waals surface area contributed by atoms with Crippen LogP contribution < -0.4 is 5.32 Å². The first-order valence-corrected chi connectivity index (χ1v) is 10.3. The van der Waals surface area contributed by atoms with Crippen LogP contribution in [-0.2, 0) is 0 Å². The minimum absolute atomic E-state index is 0.189. The highest BCUT2D eigenvalue weighted by Crippen LogP contribution is 2.23. The van der Waals surface area contributed by atoms with Crippen LogP contribution >= 0.6 is 0 Å². The summed E-state index contributed by atoms with van der Waals surface area (Å²) in [7, 11) is 0. The van der Waals surface area contributed by atoms with E-state index in [1.54, 1.807) is 35.6 Å². The van der Waals surface area contributed by atoms with E-state index in [-0.39, 0.29) is 11.9 Å². The van der Waals surface area contributed by atoms with Gasteiger partial charge in [0.25, 0.3) is 5.91 Å². The molecule has 0 spiro atoms. The minimum Gasteiger partial charge on any atom is -0.463 e. The van der Waals surface area contributed by atoms with Gasteiger partial charge in [-0.2, -0.15) is 5.10 Å². The van der Waals surface area contributed by atoms with E-state index < -0.39 is 0 Å². The third kappa shape index (κ3) is 3.83. The maximum Gasteiger partial charge on any atom is 0.270 e. The molecule has 7 heteroatoms. The normalized spacial score (nSPS) is 11.9. The predicted octanol–water partition coefficient (Wildman–Crippen LogP) is 4.81. The molecule has 1 atom stereocenters. The summed E-state index contributed by atoms with van der Waals surface area (Å²) in [6, 6.07) is 22.8. The number of nitrogens with one attached hydrogen (secondary N) is 1. The summed E-state index contributed by atoms with van der Waals surface area (Å²) in [5.41, 5.74) is 3.84. The second kappa shape index (κ2) is 8.39. The van der Waals surface area contributed by atoms with E-state index in [0.29, 0.717) is 17.1 Å². The van der Waals surface area contributed by atoms with E-state index >= 15 is 0 Å². The molecule has 7 nitrogen and oxygen atoms in total. The molecule has 2 aromatic carbocycles. The van der Waals surface area contributed by atoms with Gasteiger partial charge in [0.15, 0.2) is 5.76 Å². The Labute approximate surface area is 185 Å². The average molecular weight is 423 g/mol. The Balaban J connectivity index is 1.41. The number of nitrogens with zero attached hydrogens (tertiary/aromatic N) is 4. The standard InChI is InChI=1S/C25H21N5O2/c1-18(19-9-11-20(12-10-19)29-14-13-26-17-29)27-25(31)23-16-22(24-8-5-15-32-24)28-30(23)21-6-3-2-4-7-21/h2-18H,1H3,(H,27,31).